The van der Waals surface area contributed by atoms with Gasteiger partial charge < -0.3 is 15.6 Å². The fourth-order valence-corrected chi connectivity index (χ4v) is 3.08. The Morgan fingerprint density at radius 2 is 2.00 bits per heavy atom. The number of benzene rings is 2. The van der Waals surface area contributed by atoms with Crippen LogP contribution in [0.15, 0.2) is 42.0 Å². The van der Waals surface area contributed by atoms with Crippen LogP contribution in [0.3, 0.4) is 0 Å². The molecule has 8 heteroatoms. The summed E-state index contributed by atoms with van der Waals surface area (Å²) in [6, 6.07) is 9.69. The normalized spacial score (nSPS) is 16.5. The molecule has 0 spiro atoms. The van der Waals surface area contributed by atoms with Crippen LogP contribution < -0.4 is 10.5 Å². The molecule has 1 aliphatic rings. The highest BCUT2D eigenvalue weighted by Gasteiger charge is 2.48. The van der Waals surface area contributed by atoms with Crippen LogP contribution in [-0.4, -0.2) is 23.4 Å². The lowest BCUT2D eigenvalue weighted by molar-refractivity contribution is -0.187. The third-order valence-corrected chi connectivity index (χ3v) is 4.29. The van der Waals surface area contributed by atoms with E-state index in [0.717, 1.165) is 11.6 Å². The smallest absolute Gasteiger partial charge is 0.430 e. The van der Waals surface area contributed by atoms with Crippen molar-refractivity contribution < 1.29 is 27.8 Å². The number of carbonyl (C=O) groups is 1. The van der Waals surface area contributed by atoms with Gasteiger partial charge in [0, 0.05) is 22.7 Å². The first-order valence-electron chi connectivity index (χ1n) is 7.52. The van der Waals surface area contributed by atoms with E-state index in [1.165, 1.54) is 12.1 Å². The Labute approximate surface area is 151 Å². The fourth-order valence-electron chi connectivity index (χ4n) is 2.81. The van der Waals surface area contributed by atoms with Crippen LogP contribution in [0.2, 0.25) is 5.02 Å². The molecule has 3 N–H and O–H groups in total. The molecule has 0 saturated heterocycles. The van der Waals surface area contributed by atoms with Gasteiger partial charge >= 0.3 is 12.1 Å². The monoisotopic (exact) mass is 383 g/mol. The highest BCUT2D eigenvalue weighted by Crippen LogP contribution is 2.44. The molecule has 0 radical (unpaired) electrons. The summed E-state index contributed by atoms with van der Waals surface area (Å²) in [6.45, 7) is 0.267. The summed E-state index contributed by atoms with van der Waals surface area (Å²) in [4.78, 5) is 11.4. The maximum atomic E-state index is 13.2. The lowest BCUT2D eigenvalue weighted by Crippen LogP contribution is -2.40. The molecular formula is C18H13ClF3NO3. The molecule has 2 aromatic carbocycles. The van der Waals surface area contributed by atoms with Gasteiger partial charge in [-0.05, 0) is 35.4 Å². The average molecular weight is 384 g/mol. The zero-order valence-electron chi connectivity index (χ0n) is 13.2. The van der Waals surface area contributed by atoms with E-state index >= 15 is 0 Å². The predicted octanol–water partition coefficient (Wildman–Crippen LogP) is 4.26. The van der Waals surface area contributed by atoms with Gasteiger partial charge in [0.05, 0.1) is 5.57 Å². The van der Waals surface area contributed by atoms with Crippen LogP contribution in [0.25, 0.3) is 17.2 Å². The van der Waals surface area contributed by atoms with E-state index < -0.39 is 23.8 Å². The highest BCUT2D eigenvalue weighted by molar-refractivity contribution is 6.34. The van der Waals surface area contributed by atoms with Crippen molar-refractivity contribution in [1.82, 2.24) is 0 Å². The van der Waals surface area contributed by atoms with Crippen LogP contribution in [0.5, 0.6) is 5.75 Å². The van der Waals surface area contributed by atoms with Crippen molar-refractivity contribution in [3.8, 4) is 16.9 Å². The third kappa shape index (κ3) is 3.27. The van der Waals surface area contributed by atoms with Crippen molar-refractivity contribution in [2.45, 2.75) is 18.8 Å². The largest absolute Gasteiger partial charge is 0.478 e. The number of nitrogens with two attached hydrogens (primary N) is 1. The number of aliphatic carboxylic acids is 1. The van der Waals surface area contributed by atoms with Crippen molar-refractivity contribution in [1.29, 1.82) is 0 Å². The van der Waals surface area contributed by atoms with E-state index in [1.54, 1.807) is 24.3 Å². The molecule has 0 fully saturated rings. The van der Waals surface area contributed by atoms with Gasteiger partial charge in [-0.3, -0.25) is 0 Å². The molecule has 0 bridgehead atoms. The summed E-state index contributed by atoms with van der Waals surface area (Å²) >= 11 is 6.26. The number of hydrogen-bond donors (Lipinski definition) is 2. The third-order valence-electron chi connectivity index (χ3n) is 3.98. The maximum absolute atomic E-state index is 13.2. The highest BCUT2D eigenvalue weighted by atomic mass is 35.5. The second kappa shape index (κ2) is 6.66. The number of hydrogen-bond acceptors (Lipinski definition) is 3. The number of fused-ring (bicyclic) bond motifs is 1. The van der Waals surface area contributed by atoms with E-state index in [2.05, 4.69) is 0 Å². The molecule has 3 rings (SSSR count). The van der Waals surface area contributed by atoms with Gasteiger partial charge in [-0.25, -0.2) is 4.79 Å². The summed E-state index contributed by atoms with van der Waals surface area (Å²) in [6.07, 6.45) is -6.44. The summed E-state index contributed by atoms with van der Waals surface area (Å²) in [5, 5.41) is 9.47. The van der Waals surface area contributed by atoms with Crippen molar-refractivity contribution in [2.75, 3.05) is 0 Å². The van der Waals surface area contributed by atoms with E-state index in [4.69, 9.17) is 22.1 Å². The summed E-state index contributed by atoms with van der Waals surface area (Å²) in [7, 11) is 0. The molecule has 1 unspecified atom stereocenters. The van der Waals surface area contributed by atoms with Crippen molar-refractivity contribution >= 4 is 23.6 Å². The molecule has 0 aromatic heterocycles. The predicted molar refractivity (Wildman–Crippen MR) is 90.9 cm³/mol. The molecule has 0 amide bonds. The molecule has 1 atom stereocenters. The molecule has 1 heterocycles. The van der Waals surface area contributed by atoms with Gasteiger partial charge in [0.25, 0.3) is 0 Å². The zero-order chi connectivity index (χ0) is 19.1. The number of alkyl halides is 3. The lowest BCUT2D eigenvalue weighted by atomic mass is 9.93. The first-order valence-corrected chi connectivity index (χ1v) is 7.90. The first-order chi connectivity index (χ1) is 12.2. The van der Waals surface area contributed by atoms with E-state index in [-0.39, 0.29) is 22.9 Å². The quantitative estimate of drug-likeness (QED) is 0.830. The second-order valence-corrected chi connectivity index (χ2v) is 6.09. The van der Waals surface area contributed by atoms with Gasteiger partial charge in [0.1, 0.15) is 5.75 Å². The number of carboxylic acids is 1. The Hall–Kier alpha value is -2.51. The van der Waals surface area contributed by atoms with Crippen LogP contribution in [0.4, 0.5) is 13.2 Å². The molecule has 0 saturated carbocycles. The number of carboxylic acid groups (broad SMARTS) is 1. The minimum absolute atomic E-state index is 0.0881. The first kappa shape index (κ1) is 18.3. The Morgan fingerprint density at radius 1 is 1.27 bits per heavy atom. The molecule has 26 heavy (non-hydrogen) atoms. The Kier molecular flexibility index (Phi) is 4.68. The summed E-state index contributed by atoms with van der Waals surface area (Å²) in [5.74, 6) is -1.80. The standard InChI is InChI=1S/C18H13ClF3NO3/c19-13-4-5-14-11(15(13)10-3-1-2-9(6-10)8-23)7-12(17(24)25)16(26-14)18(20,21)22/h1-7,16H,8,23H2,(H,24,25). The van der Waals surface area contributed by atoms with Gasteiger partial charge in [-0.2, -0.15) is 13.2 Å². The molecular weight excluding hydrogens is 371 g/mol. The SMILES string of the molecule is NCc1cccc(-c2c(Cl)ccc3c2C=C(C(=O)O)C(C(F)(F)F)O3)c1. The Morgan fingerprint density at radius 3 is 2.62 bits per heavy atom. The van der Waals surface area contributed by atoms with Gasteiger partial charge in [0.15, 0.2) is 0 Å². The van der Waals surface area contributed by atoms with Gasteiger partial charge in [0.2, 0.25) is 6.10 Å². The summed E-state index contributed by atoms with van der Waals surface area (Å²) < 4.78 is 44.5. The van der Waals surface area contributed by atoms with Crippen molar-refractivity contribution in [3.63, 3.8) is 0 Å². The topological polar surface area (TPSA) is 72.6 Å². The lowest BCUT2D eigenvalue weighted by Gasteiger charge is -2.28. The molecule has 136 valence electrons. The Bertz CT molecular complexity index is 909. The minimum atomic E-state index is -4.86. The molecule has 0 aliphatic carbocycles. The number of halogens is 4. The molecule has 2 aromatic rings. The Balaban J connectivity index is 2.24. The maximum Gasteiger partial charge on any atom is 0.430 e. The number of rotatable bonds is 3. The fraction of sp³-hybridized carbons (Fsp3) is 0.167. The van der Waals surface area contributed by atoms with Crippen LogP contribution in [0, 0.1) is 0 Å². The minimum Gasteiger partial charge on any atom is -0.478 e. The van der Waals surface area contributed by atoms with E-state index in [0.29, 0.717) is 11.1 Å². The average Bonchev–Trinajstić information content (AvgIpc) is 2.59. The summed E-state index contributed by atoms with van der Waals surface area (Å²) in [5.41, 5.74) is 6.70. The second-order valence-electron chi connectivity index (χ2n) is 5.68. The van der Waals surface area contributed by atoms with Crippen LogP contribution >= 0.6 is 11.6 Å². The van der Waals surface area contributed by atoms with Crippen molar-refractivity contribution in [3.05, 3.63) is 58.1 Å². The van der Waals surface area contributed by atoms with Crippen LogP contribution in [-0.2, 0) is 11.3 Å². The van der Waals surface area contributed by atoms with Crippen LogP contribution in [0.1, 0.15) is 11.1 Å². The van der Waals surface area contributed by atoms with Crippen molar-refractivity contribution in [2.24, 2.45) is 5.73 Å². The van der Waals surface area contributed by atoms with Gasteiger partial charge in [-0.15, -0.1) is 0 Å². The molecule has 1 aliphatic heterocycles. The molecule has 4 nitrogen and oxygen atoms in total. The van der Waals surface area contributed by atoms with E-state index in [9.17, 15) is 23.1 Å². The number of ether oxygens (including phenoxy) is 1. The van der Waals surface area contributed by atoms with E-state index in [1.807, 2.05) is 0 Å². The zero-order valence-corrected chi connectivity index (χ0v) is 13.9. The van der Waals surface area contributed by atoms with Gasteiger partial charge in [-0.1, -0.05) is 29.8 Å².